The van der Waals surface area contributed by atoms with E-state index in [9.17, 15) is 14.0 Å². The van der Waals surface area contributed by atoms with Gasteiger partial charge >= 0.3 is 0 Å². The fourth-order valence-electron chi connectivity index (χ4n) is 2.15. The first-order valence-electron chi connectivity index (χ1n) is 7.57. The smallest absolute Gasteiger partial charge is 0.276 e. The van der Waals surface area contributed by atoms with Crippen LogP contribution in [0.25, 0.3) is 0 Å². The maximum absolute atomic E-state index is 13.2. The van der Waals surface area contributed by atoms with E-state index < -0.39 is 17.6 Å². The molecule has 24 heavy (non-hydrogen) atoms. The van der Waals surface area contributed by atoms with Gasteiger partial charge in [0.05, 0.1) is 0 Å². The molecule has 0 saturated carbocycles. The molecule has 0 aromatic heterocycles. The van der Waals surface area contributed by atoms with E-state index >= 15 is 0 Å². The molecule has 2 amide bonds. The summed E-state index contributed by atoms with van der Waals surface area (Å²) in [5.74, 6) is -0.989. The highest BCUT2D eigenvalue weighted by atomic mass is 19.1. The largest absolute Gasteiger partial charge is 0.483 e. The summed E-state index contributed by atoms with van der Waals surface area (Å²) in [5.41, 5.74) is 6.25. The number of rotatable bonds is 5. The fourth-order valence-corrected chi connectivity index (χ4v) is 2.15. The van der Waals surface area contributed by atoms with Crippen LogP contribution in [0.4, 0.5) is 4.39 Å². The van der Waals surface area contributed by atoms with Gasteiger partial charge in [-0.3, -0.25) is 20.4 Å². The van der Waals surface area contributed by atoms with E-state index in [0.29, 0.717) is 11.3 Å². The Kier molecular flexibility index (Phi) is 5.89. The summed E-state index contributed by atoms with van der Waals surface area (Å²) in [6.07, 6.45) is 0.785. The number of amides is 2. The van der Waals surface area contributed by atoms with Gasteiger partial charge in [0.2, 0.25) is 0 Å². The molecule has 0 spiro atoms. The lowest BCUT2D eigenvalue weighted by atomic mass is 10.1. The second-order valence-electron chi connectivity index (χ2n) is 5.21. The lowest BCUT2D eigenvalue weighted by Gasteiger charge is -2.11. The molecule has 2 aromatic carbocycles. The predicted octanol–water partition coefficient (Wildman–Crippen LogP) is 2.54. The van der Waals surface area contributed by atoms with Crippen LogP contribution in [0, 0.1) is 12.7 Å². The third kappa shape index (κ3) is 4.55. The highest BCUT2D eigenvalue weighted by Crippen LogP contribution is 2.17. The van der Waals surface area contributed by atoms with Crippen LogP contribution >= 0.6 is 0 Å². The van der Waals surface area contributed by atoms with Crippen molar-refractivity contribution in [3.63, 3.8) is 0 Å². The molecule has 0 heterocycles. The topological polar surface area (TPSA) is 67.4 Å². The zero-order chi connectivity index (χ0) is 17.5. The Hall–Kier alpha value is -2.89. The molecule has 0 radical (unpaired) electrons. The molecule has 0 fully saturated rings. The van der Waals surface area contributed by atoms with Crippen molar-refractivity contribution in [3.8, 4) is 5.75 Å². The molecule has 0 aliphatic rings. The number of nitrogens with one attached hydrogen (secondary N) is 2. The number of benzene rings is 2. The first-order chi connectivity index (χ1) is 11.5. The molecule has 6 heteroatoms. The van der Waals surface area contributed by atoms with Gasteiger partial charge in [0.25, 0.3) is 11.8 Å². The first-order valence-corrected chi connectivity index (χ1v) is 7.57. The number of carbonyl (C=O) groups is 2. The van der Waals surface area contributed by atoms with Crippen LogP contribution in [0.2, 0.25) is 0 Å². The Morgan fingerprint density at radius 2 is 1.88 bits per heavy atom. The number of hydrogen-bond acceptors (Lipinski definition) is 3. The number of hydrazine groups is 1. The number of para-hydroxylation sites is 1. The minimum atomic E-state index is -0.589. The number of halogens is 1. The Labute approximate surface area is 139 Å². The Morgan fingerprint density at radius 3 is 2.62 bits per heavy atom. The fraction of sp³-hybridized carbons (Fsp3) is 0.222. The van der Waals surface area contributed by atoms with Gasteiger partial charge in [0.1, 0.15) is 11.6 Å². The van der Waals surface area contributed by atoms with Crippen LogP contribution in [0.3, 0.4) is 0 Å². The van der Waals surface area contributed by atoms with Crippen LogP contribution in [0.1, 0.15) is 28.4 Å². The van der Waals surface area contributed by atoms with Crippen LogP contribution in [0.5, 0.6) is 5.75 Å². The van der Waals surface area contributed by atoms with Gasteiger partial charge in [-0.05, 0) is 42.7 Å². The van der Waals surface area contributed by atoms with Gasteiger partial charge < -0.3 is 4.74 Å². The third-order valence-electron chi connectivity index (χ3n) is 3.47. The lowest BCUT2D eigenvalue weighted by Crippen LogP contribution is -2.44. The number of hydrogen-bond donors (Lipinski definition) is 2. The minimum absolute atomic E-state index is 0.160. The van der Waals surface area contributed by atoms with Gasteiger partial charge in [0.15, 0.2) is 6.61 Å². The van der Waals surface area contributed by atoms with Crippen molar-refractivity contribution in [3.05, 3.63) is 65.0 Å². The SMILES string of the molecule is CCc1ccccc1OCC(=O)NNC(=O)c1cc(F)ccc1C. The number of carbonyl (C=O) groups excluding carboxylic acids is 2. The third-order valence-corrected chi connectivity index (χ3v) is 3.47. The molecule has 0 bridgehead atoms. The van der Waals surface area contributed by atoms with Crippen molar-refractivity contribution in [2.45, 2.75) is 20.3 Å². The Morgan fingerprint density at radius 1 is 1.12 bits per heavy atom. The Bertz CT molecular complexity index is 747. The minimum Gasteiger partial charge on any atom is -0.483 e. The van der Waals surface area contributed by atoms with Crippen LogP contribution < -0.4 is 15.6 Å². The average Bonchev–Trinajstić information content (AvgIpc) is 2.60. The molecule has 2 N–H and O–H groups in total. The summed E-state index contributed by atoms with van der Waals surface area (Å²) in [6.45, 7) is 3.43. The molecule has 0 aliphatic carbocycles. The second kappa shape index (κ2) is 8.10. The molecular weight excluding hydrogens is 311 g/mol. The van der Waals surface area contributed by atoms with E-state index in [1.54, 1.807) is 13.0 Å². The number of aryl methyl sites for hydroxylation is 2. The van der Waals surface area contributed by atoms with Crippen molar-refractivity contribution in [1.29, 1.82) is 0 Å². The van der Waals surface area contributed by atoms with Crippen LogP contribution in [-0.2, 0) is 11.2 Å². The van der Waals surface area contributed by atoms with Gasteiger partial charge in [-0.15, -0.1) is 0 Å². The normalized spacial score (nSPS) is 10.1. The molecule has 0 aliphatic heterocycles. The first kappa shape index (κ1) is 17.5. The molecule has 0 atom stereocenters. The summed E-state index contributed by atoms with van der Waals surface area (Å²) in [5, 5.41) is 0. The van der Waals surface area contributed by atoms with Crippen molar-refractivity contribution in [2.24, 2.45) is 0 Å². The van der Waals surface area contributed by atoms with E-state index in [4.69, 9.17) is 4.74 Å². The van der Waals surface area contributed by atoms with Gasteiger partial charge in [-0.2, -0.15) is 0 Å². The molecule has 5 nitrogen and oxygen atoms in total. The highest BCUT2D eigenvalue weighted by Gasteiger charge is 2.12. The van der Waals surface area contributed by atoms with E-state index in [2.05, 4.69) is 10.9 Å². The van der Waals surface area contributed by atoms with Crippen molar-refractivity contribution in [1.82, 2.24) is 10.9 Å². The quantitative estimate of drug-likeness (QED) is 0.828. The van der Waals surface area contributed by atoms with Gasteiger partial charge in [-0.1, -0.05) is 31.2 Å². The molecule has 2 aromatic rings. The summed E-state index contributed by atoms with van der Waals surface area (Å²) in [6, 6.07) is 11.3. The van der Waals surface area contributed by atoms with Crippen LogP contribution in [0.15, 0.2) is 42.5 Å². The zero-order valence-electron chi connectivity index (χ0n) is 13.6. The van der Waals surface area contributed by atoms with E-state index in [-0.39, 0.29) is 12.2 Å². The monoisotopic (exact) mass is 330 g/mol. The molecule has 0 unspecified atom stereocenters. The summed E-state index contributed by atoms with van der Waals surface area (Å²) < 4.78 is 18.6. The maximum Gasteiger partial charge on any atom is 0.276 e. The molecular formula is C18H19FN2O3. The van der Waals surface area contributed by atoms with E-state index in [1.807, 2.05) is 25.1 Å². The predicted molar refractivity (Wildman–Crippen MR) is 88.1 cm³/mol. The van der Waals surface area contributed by atoms with Gasteiger partial charge in [-0.25, -0.2) is 4.39 Å². The highest BCUT2D eigenvalue weighted by molar-refractivity contribution is 5.96. The zero-order valence-corrected chi connectivity index (χ0v) is 13.6. The lowest BCUT2D eigenvalue weighted by molar-refractivity contribution is -0.123. The number of ether oxygens (including phenoxy) is 1. The van der Waals surface area contributed by atoms with Gasteiger partial charge in [0, 0.05) is 5.56 Å². The summed E-state index contributed by atoms with van der Waals surface area (Å²) in [4.78, 5) is 23.7. The second-order valence-corrected chi connectivity index (χ2v) is 5.21. The van der Waals surface area contributed by atoms with E-state index in [0.717, 1.165) is 18.1 Å². The van der Waals surface area contributed by atoms with Crippen molar-refractivity contribution in [2.75, 3.05) is 6.61 Å². The summed E-state index contributed by atoms with van der Waals surface area (Å²) >= 11 is 0. The standard InChI is InChI=1S/C18H19FN2O3/c1-3-13-6-4-5-7-16(13)24-11-17(22)20-21-18(23)15-10-14(19)9-8-12(15)2/h4-10H,3,11H2,1-2H3,(H,20,22)(H,21,23). The van der Waals surface area contributed by atoms with Crippen LogP contribution in [-0.4, -0.2) is 18.4 Å². The summed E-state index contributed by atoms with van der Waals surface area (Å²) in [7, 11) is 0. The maximum atomic E-state index is 13.2. The average molecular weight is 330 g/mol. The van der Waals surface area contributed by atoms with E-state index in [1.165, 1.54) is 12.1 Å². The molecule has 2 rings (SSSR count). The van der Waals surface area contributed by atoms with Crippen molar-refractivity contribution >= 4 is 11.8 Å². The molecule has 0 saturated heterocycles. The van der Waals surface area contributed by atoms with Crippen molar-refractivity contribution < 1.29 is 18.7 Å². The molecule has 126 valence electrons. The Balaban J connectivity index is 1.87.